The Hall–Kier alpha value is -5.98. The SMILES string of the molecule is CN(CCCCC(=O)Nc1ccc(CCC[C@H](O)c2ccc(O)c3[nH]c(=O)ccc23)cc1)C(=O)CCN1CCC(OC(=O)Nc2ccccc2-c2ccccc2)CC1. The molecule has 6 rings (SSSR count). The number of carbonyl (C=O) groups excluding carboxylic acids is 3. The fourth-order valence-electron chi connectivity index (χ4n) is 7.39. The summed E-state index contributed by atoms with van der Waals surface area (Å²) in [6.45, 7) is 2.74. The number of H-pyrrole nitrogens is 1. The predicted octanol–water partition coefficient (Wildman–Crippen LogP) is 7.63. The first-order valence-corrected chi connectivity index (χ1v) is 20.1. The van der Waals surface area contributed by atoms with Gasteiger partial charge in [0.15, 0.2) is 0 Å². The maximum absolute atomic E-state index is 12.8. The first kappa shape index (κ1) is 41.6. The number of unbranched alkanes of at least 4 members (excludes halogenated alkanes) is 1. The van der Waals surface area contributed by atoms with Gasteiger partial charge >= 0.3 is 6.09 Å². The molecular weight excluding hydrogens is 735 g/mol. The molecule has 1 saturated heterocycles. The van der Waals surface area contributed by atoms with E-state index in [1.807, 2.05) is 78.9 Å². The lowest BCUT2D eigenvalue weighted by Crippen LogP contribution is -2.40. The van der Waals surface area contributed by atoms with Crippen molar-refractivity contribution in [3.63, 3.8) is 0 Å². The summed E-state index contributed by atoms with van der Waals surface area (Å²) in [5.41, 5.74) is 5.11. The molecule has 1 aliphatic rings. The van der Waals surface area contributed by atoms with Crippen LogP contribution in [0.15, 0.2) is 108 Å². The number of rotatable bonds is 17. The largest absolute Gasteiger partial charge is 0.506 e. The highest BCUT2D eigenvalue weighted by Crippen LogP contribution is 2.31. The van der Waals surface area contributed by atoms with Crippen molar-refractivity contribution in [2.75, 3.05) is 43.9 Å². The number of nitrogens with zero attached hydrogens (tertiary/aromatic N) is 2. The number of aromatic nitrogens is 1. The van der Waals surface area contributed by atoms with Gasteiger partial charge in [0.1, 0.15) is 11.9 Å². The van der Waals surface area contributed by atoms with Crippen LogP contribution in [-0.4, -0.2) is 82.2 Å². The van der Waals surface area contributed by atoms with Gasteiger partial charge in [-0.1, -0.05) is 66.7 Å². The molecule has 1 atom stereocenters. The Labute approximate surface area is 338 Å². The minimum atomic E-state index is -0.751. The van der Waals surface area contributed by atoms with Gasteiger partial charge < -0.3 is 35.1 Å². The van der Waals surface area contributed by atoms with Crippen LogP contribution in [0.1, 0.15) is 68.6 Å². The number of nitrogens with one attached hydrogen (secondary N) is 3. The number of hydrogen-bond acceptors (Lipinski definition) is 8. The number of phenolic OH excluding ortho intramolecular Hbond substituents is 1. The topological polar surface area (TPSA) is 164 Å². The molecule has 58 heavy (non-hydrogen) atoms. The van der Waals surface area contributed by atoms with Crippen LogP contribution >= 0.6 is 0 Å². The zero-order valence-corrected chi connectivity index (χ0v) is 33.0. The number of piperidine rings is 1. The number of carbonyl (C=O) groups is 3. The van der Waals surface area contributed by atoms with E-state index in [1.54, 1.807) is 24.1 Å². The van der Waals surface area contributed by atoms with Crippen LogP contribution in [0.25, 0.3) is 22.0 Å². The van der Waals surface area contributed by atoms with E-state index in [9.17, 15) is 29.4 Å². The van der Waals surface area contributed by atoms with E-state index in [0.717, 1.165) is 49.0 Å². The Morgan fingerprint density at radius 2 is 1.60 bits per heavy atom. The molecule has 0 spiro atoms. The zero-order valence-electron chi connectivity index (χ0n) is 33.0. The van der Waals surface area contributed by atoms with Crippen LogP contribution in [0.2, 0.25) is 0 Å². The van der Waals surface area contributed by atoms with Gasteiger partial charge in [0.2, 0.25) is 17.4 Å². The average Bonchev–Trinajstić information content (AvgIpc) is 3.23. The molecule has 0 aliphatic carbocycles. The molecule has 1 aliphatic heterocycles. The normalized spacial score (nSPS) is 13.8. The van der Waals surface area contributed by atoms with E-state index >= 15 is 0 Å². The number of phenols is 1. The molecule has 12 heteroatoms. The first-order valence-electron chi connectivity index (χ1n) is 20.1. The molecule has 0 saturated carbocycles. The molecule has 0 bridgehead atoms. The molecule has 3 amide bonds. The van der Waals surface area contributed by atoms with E-state index in [4.69, 9.17) is 4.74 Å². The Bertz CT molecular complexity index is 2200. The predicted molar refractivity (Wildman–Crippen MR) is 227 cm³/mol. The summed E-state index contributed by atoms with van der Waals surface area (Å²) < 4.78 is 5.75. The fraction of sp³-hybridized carbons (Fsp3) is 0.348. The number of aliphatic hydroxyl groups excluding tert-OH is 1. The number of para-hydroxylation sites is 1. The second kappa shape index (κ2) is 20.4. The third kappa shape index (κ3) is 11.8. The summed E-state index contributed by atoms with van der Waals surface area (Å²) in [6, 6.07) is 31.4. The number of aromatic hydroxyl groups is 1. The minimum Gasteiger partial charge on any atom is -0.506 e. The summed E-state index contributed by atoms with van der Waals surface area (Å²) in [4.78, 5) is 56.5. The van der Waals surface area contributed by atoms with Crippen molar-refractivity contribution < 1.29 is 29.3 Å². The van der Waals surface area contributed by atoms with Gasteiger partial charge in [-0.3, -0.25) is 19.7 Å². The lowest BCUT2D eigenvalue weighted by atomic mass is 9.97. The lowest BCUT2D eigenvalue weighted by molar-refractivity contribution is -0.130. The molecular formula is C46H53N5O7. The number of amides is 3. The summed E-state index contributed by atoms with van der Waals surface area (Å²) in [7, 11) is 1.80. The Morgan fingerprint density at radius 3 is 2.38 bits per heavy atom. The van der Waals surface area contributed by atoms with Gasteiger partial charge in [0, 0.05) is 68.8 Å². The van der Waals surface area contributed by atoms with Crippen molar-refractivity contribution >= 4 is 40.2 Å². The molecule has 5 aromatic rings. The molecule has 5 N–H and O–H groups in total. The van der Waals surface area contributed by atoms with Crippen LogP contribution in [0.3, 0.4) is 0 Å². The van der Waals surface area contributed by atoms with Gasteiger partial charge in [-0.05, 0) is 92.0 Å². The van der Waals surface area contributed by atoms with E-state index in [-0.39, 0.29) is 29.2 Å². The number of anilines is 2. The fourth-order valence-corrected chi connectivity index (χ4v) is 7.39. The summed E-state index contributed by atoms with van der Waals surface area (Å²) in [5, 5.41) is 27.4. The van der Waals surface area contributed by atoms with Crippen molar-refractivity contribution in [1.82, 2.24) is 14.8 Å². The molecule has 0 radical (unpaired) electrons. The minimum absolute atomic E-state index is 0.0366. The van der Waals surface area contributed by atoms with Crippen LogP contribution in [0, 0.1) is 0 Å². The van der Waals surface area contributed by atoms with E-state index < -0.39 is 12.2 Å². The maximum atomic E-state index is 12.8. The maximum Gasteiger partial charge on any atom is 0.411 e. The van der Waals surface area contributed by atoms with Gasteiger partial charge in [-0.15, -0.1) is 0 Å². The Balaban J connectivity index is 0.815. The third-order valence-corrected chi connectivity index (χ3v) is 10.7. The molecule has 304 valence electrons. The van der Waals surface area contributed by atoms with Crippen LogP contribution < -0.4 is 16.2 Å². The van der Waals surface area contributed by atoms with E-state index in [1.165, 1.54) is 12.1 Å². The van der Waals surface area contributed by atoms with Gasteiger partial charge in [0.05, 0.1) is 17.3 Å². The van der Waals surface area contributed by atoms with E-state index in [2.05, 4.69) is 20.5 Å². The number of fused-ring (bicyclic) bond motifs is 1. The van der Waals surface area contributed by atoms with Crippen molar-refractivity contribution in [2.24, 2.45) is 0 Å². The summed E-state index contributed by atoms with van der Waals surface area (Å²) >= 11 is 0. The highest BCUT2D eigenvalue weighted by atomic mass is 16.6. The van der Waals surface area contributed by atoms with Crippen LogP contribution in [0.4, 0.5) is 16.2 Å². The average molecular weight is 788 g/mol. The highest BCUT2D eigenvalue weighted by molar-refractivity contribution is 5.92. The number of pyridine rings is 1. The number of likely N-dealkylation sites (tertiary alicyclic amines) is 1. The number of hydrogen-bond donors (Lipinski definition) is 5. The summed E-state index contributed by atoms with van der Waals surface area (Å²) in [6.07, 6.45) is 4.15. The van der Waals surface area contributed by atoms with Crippen molar-refractivity contribution in [2.45, 2.75) is 70.0 Å². The molecule has 0 unspecified atom stereocenters. The number of aliphatic hydroxyl groups is 1. The van der Waals surface area contributed by atoms with Gasteiger partial charge in [-0.2, -0.15) is 0 Å². The third-order valence-electron chi connectivity index (χ3n) is 10.7. The second-order valence-electron chi connectivity index (χ2n) is 14.9. The Morgan fingerprint density at radius 1 is 0.862 bits per heavy atom. The smallest absolute Gasteiger partial charge is 0.411 e. The van der Waals surface area contributed by atoms with Crippen molar-refractivity contribution in [3.8, 4) is 16.9 Å². The quantitative estimate of drug-likeness (QED) is 0.0601. The molecule has 4 aromatic carbocycles. The zero-order chi connectivity index (χ0) is 40.9. The molecule has 12 nitrogen and oxygen atoms in total. The van der Waals surface area contributed by atoms with Crippen molar-refractivity contribution in [1.29, 1.82) is 0 Å². The Kier molecular flexibility index (Phi) is 14.7. The standard InChI is InChI=1S/C46H53N5O7/c1-50(44(56)27-31-51-29-25-35(26-30-51)58-46(57)48-39-14-6-5-13-36(39)33-11-3-2-4-12-33)28-8-7-16-42(54)47-34-19-17-32(18-20-34)10-9-15-40(52)37-21-23-41(53)45-38(37)22-24-43(55)49-45/h2-6,11-14,17-24,35,40,52-53H,7-10,15-16,25-31H2,1H3,(H,47,54)(H,48,57)(H,49,55)/t40-/m0/s1. The van der Waals surface area contributed by atoms with Crippen molar-refractivity contribution in [3.05, 3.63) is 125 Å². The number of aryl methyl sites for hydroxylation is 1. The molecule has 1 aromatic heterocycles. The number of ether oxygens (including phenoxy) is 1. The second-order valence-corrected chi connectivity index (χ2v) is 14.9. The number of aromatic amines is 1. The lowest BCUT2D eigenvalue weighted by Gasteiger charge is -2.31. The molecule has 2 heterocycles. The first-order chi connectivity index (χ1) is 28.1. The summed E-state index contributed by atoms with van der Waals surface area (Å²) in [5.74, 6) is -0.0417. The monoisotopic (exact) mass is 787 g/mol. The van der Waals surface area contributed by atoms with Crippen LogP contribution in [0.5, 0.6) is 5.75 Å². The van der Waals surface area contributed by atoms with E-state index in [0.29, 0.717) is 79.5 Å². The molecule has 1 fully saturated rings. The van der Waals surface area contributed by atoms with Gasteiger partial charge in [-0.25, -0.2) is 4.79 Å². The van der Waals surface area contributed by atoms with Crippen LogP contribution in [-0.2, 0) is 20.7 Å². The number of benzene rings is 4. The highest BCUT2D eigenvalue weighted by Gasteiger charge is 2.24. The van der Waals surface area contributed by atoms with Gasteiger partial charge in [0.25, 0.3) is 0 Å².